The van der Waals surface area contributed by atoms with Gasteiger partial charge in [-0.05, 0) is 25.7 Å². The molecule has 1 aliphatic rings. The highest BCUT2D eigenvalue weighted by atomic mass is 32.2. The van der Waals surface area contributed by atoms with E-state index in [1.165, 1.54) is 14.0 Å². The van der Waals surface area contributed by atoms with Crippen LogP contribution in [0.2, 0.25) is 0 Å². The summed E-state index contributed by atoms with van der Waals surface area (Å²) in [5, 5.41) is 8.95. The van der Waals surface area contributed by atoms with E-state index in [1.54, 1.807) is 0 Å². The SMILES string of the molecule is CNS(=O)(=O)NC(C)(C(=O)O)C1CC1. The predicted octanol–water partition coefficient (Wildman–Crippen LogP) is -0.707. The molecule has 0 radical (unpaired) electrons. The van der Waals surface area contributed by atoms with Crippen LogP contribution in [0.25, 0.3) is 0 Å². The van der Waals surface area contributed by atoms with Crippen LogP contribution in [0, 0.1) is 5.92 Å². The Hall–Kier alpha value is -0.660. The highest BCUT2D eigenvalue weighted by Gasteiger charge is 2.49. The molecule has 1 unspecified atom stereocenters. The molecule has 6 nitrogen and oxygen atoms in total. The number of nitrogens with one attached hydrogen (secondary N) is 2. The van der Waals surface area contributed by atoms with Crippen molar-refractivity contribution in [3.63, 3.8) is 0 Å². The number of aliphatic carboxylic acids is 1. The number of carboxylic acids is 1. The van der Waals surface area contributed by atoms with E-state index in [9.17, 15) is 13.2 Å². The monoisotopic (exact) mass is 222 g/mol. The number of hydrogen-bond acceptors (Lipinski definition) is 3. The van der Waals surface area contributed by atoms with Gasteiger partial charge in [-0.15, -0.1) is 0 Å². The summed E-state index contributed by atoms with van der Waals surface area (Å²) in [5.74, 6) is -1.25. The van der Waals surface area contributed by atoms with Crippen molar-refractivity contribution in [1.29, 1.82) is 0 Å². The lowest BCUT2D eigenvalue weighted by Gasteiger charge is -2.25. The summed E-state index contributed by atoms with van der Waals surface area (Å²) in [7, 11) is -2.47. The average molecular weight is 222 g/mol. The van der Waals surface area contributed by atoms with E-state index in [-0.39, 0.29) is 5.92 Å². The lowest BCUT2D eigenvalue weighted by atomic mass is 9.98. The zero-order valence-corrected chi connectivity index (χ0v) is 8.89. The maximum Gasteiger partial charge on any atom is 0.324 e. The molecule has 82 valence electrons. The molecule has 1 fully saturated rings. The van der Waals surface area contributed by atoms with Crippen molar-refractivity contribution >= 4 is 16.2 Å². The maximum absolute atomic E-state index is 11.2. The van der Waals surface area contributed by atoms with Gasteiger partial charge in [-0.1, -0.05) is 0 Å². The Balaban J connectivity index is 2.85. The first-order valence-corrected chi connectivity index (χ1v) is 5.76. The van der Waals surface area contributed by atoms with Crippen LogP contribution in [0.3, 0.4) is 0 Å². The second kappa shape index (κ2) is 3.48. The molecular formula is C7H14N2O4S. The first-order valence-electron chi connectivity index (χ1n) is 4.27. The van der Waals surface area contributed by atoms with E-state index in [4.69, 9.17) is 5.11 Å². The van der Waals surface area contributed by atoms with Gasteiger partial charge >= 0.3 is 5.97 Å². The molecule has 1 rings (SSSR count). The molecule has 0 saturated heterocycles. The summed E-state index contributed by atoms with van der Waals surface area (Å²) < 4.78 is 26.5. The van der Waals surface area contributed by atoms with Crippen LogP contribution in [0.4, 0.5) is 0 Å². The van der Waals surface area contributed by atoms with E-state index in [1.807, 2.05) is 4.72 Å². The van der Waals surface area contributed by atoms with Crippen LogP contribution in [-0.2, 0) is 15.0 Å². The van der Waals surface area contributed by atoms with Crippen LogP contribution < -0.4 is 9.44 Å². The van der Waals surface area contributed by atoms with Crippen molar-refractivity contribution in [3.8, 4) is 0 Å². The van der Waals surface area contributed by atoms with E-state index in [0.29, 0.717) is 0 Å². The summed E-state index contributed by atoms with van der Waals surface area (Å²) in [6, 6.07) is 0. The fraction of sp³-hybridized carbons (Fsp3) is 0.857. The van der Waals surface area contributed by atoms with Gasteiger partial charge in [-0.25, -0.2) is 4.72 Å². The summed E-state index contributed by atoms with van der Waals surface area (Å²) in [6.45, 7) is 1.39. The van der Waals surface area contributed by atoms with Crippen molar-refractivity contribution in [2.75, 3.05) is 7.05 Å². The second-order valence-electron chi connectivity index (χ2n) is 3.59. The van der Waals surface area contributed by atoms with Crippen LogP contribution in [0.5, 0.6) is 0 Å². The average Bonchev–Trinajstić information content (AvgIpc) is 2.85. The number of rotatable bonds is 5. The largest absolute Gasteiger partial charge is 0.480 e. The van der Waals surface area contributed by atoms with Crippen molar-refractivity contribution < 1.29 is 18.3 Å². The van der Waals surface area contributed by atoms with Gasteiger partial charge in [0.2, 0.25) is 0 Å². The van der Waals surface area contributed by atoms with Gasteiger partial charge < -0.3 is 5.11 Å². The smallest absolute Gasteiger partial charge is 0.324 e. The van der Waals surface area contributed by atoms with Crippen molar-refractivity contribution in [2.45, 2.75) is 25.3 Å². The number of carbonyl (C=O) groups is 1. The molecule has 1 atom stereocenters. The van der Waals surface area contributed by atoms with Crippen LogP contribution in [0.15, 0.2) is 0 Å². The summed E-state index contributed by atoms with van der Waals surface area (Å²) >= 11 is 0. The third kappa shape index (κ3) is 2.23. The van der Waals surface area contributed by atoms with Crippen LogP contribution in [0.1, 0.15) is 19.8 Å². The topological polar surface area (TPSA) is 95.5 Å². The van der Waals surface area contributed by atoms with Gasteiger partial charge in [0.25, 0.3) is 10.2 Å². The minimum absolute atomic E-state index is 0.108. The van der Waals surface area contributed by atoms with Gasteiger partial charge in [0.05, 0.1) is 0 Å². The fourth-order valence-corrected chi connectivity index (χ4v) is 2.21. The Morgan fingerprint density at radius 2 is 2.00 bits per heavy atom. The molecule has 14 heavy (non-hydrogen) atoms. The molecule has 1 saturated carbocycles. The van der Waals surface area contributed by atoms with Gasteiger partial charge in [-0.3, -0.25) is 4.79 Å². The van der Waals surface area contributed by atoms with Crippen molar-refractivity contribution in [2.24, 2.45) is 5.92 Å². The highest BCUT2D eigenvalue weighted by Crippen LogP contribution is 2.39. The molecule has 0 amide bonds. The molecule has 0 bridgehead atoms. The van der Waals surface area contributed by atoms with Gasteiger partial charge in [0, 0.05) is 7.05 Å². The van der Waals surface area contributed by atoms with Gasteiger partial charge in [0.1, 0.15) is 5.54 Å². The molecule has 7 heteroatoms. The zero-order chi connectivity index (χ0) is 11.0. The second-order valence-corrected chi connectivity index (χ2v) is 5.21. The van der Waals surface area contributed by atoms with Crippen LogP contribution >= 0.6 is 0 Å². The highest BCUT2D eigenvalue weighted by molar-refractivity contribution is 7.87. The summed E-state index contributed by atoms with van der Waals surface area (Å²) in [6.07, 6.45) is 1.49. The Bertz CT molecular complexity index is 336. The predicted molar refractivity (Wildman–Crippen MR) is 49.9 cm³/mol. The van der Waals surface area contributed by atoms with E-state index >= 15 is 0 Å². The molecule has 1 aliphatic carbocycles. The lowest BCUT2D eigenvalue weighted by molar-refractivity contribution is -0.144. The molecule has 0 aliphatic heterocycles. The lowest BCUT2D eigenvalue weighted by Crippen LogP contribution is -2.56. The van der Waals surface area contributed by atoms with E-state index < -0.39 is 21.7 Å². The van der Waals surface area contributed by atoms with Crippen molar-refractivity contribution in [3.05, 3.63) is 0 Å². The van der Waals surface area contributed by atoms with E-state index in [0.717, 1.165) is 12.8 Å². The Labute approximate surface area is 82.9 Å². The minimum atomic E-state index is -3.71. The normalized spacial score (nSPS) is 21.6. The first kappa shape index (κ1) is 11.4. The summed E-state index contributed by atoms with van der Waals surface area (Å²) in [5.41, 5.74) is -1.39. The fourth-order valence-electron chi connectivity index (χ4n) is 1.29. The molecular weight excluding hydrogens is 208 g/mol. The third-order valence-electron chi connectivity index (χ3n) is 2.45. The minimum Gasteiger partial charge on any atom is -0.480 e. The quantitative estimate of drug-likeness (QED) is 0.573. The van der Waals surface area contributed by atoms with E-state index in [2.05, 4.69) is 4.72 Å². The Morgan fingerprint density at radius 1 is 1.50 bits per heavy atom. The summed E-state index contributed by atoms with van der Waals surface area (Å²) in [4.78, 5) is 10.9. The van der Waals surface area contributed by atoms with Gasteiger partial charge in [-0.2, -0.15) is 13.1 Å². The Kier molecular flexibility index (Phi) is 2.84. The molecule has 3 N–H and O–H groups in total. The maximum atomic E-state index is 11.2. The van der Waals surface area contributed by atoms with Crippen molar-refractivity contribution in [1.82, 2.24) is 9.44 Å². The Morgan fingerprint density at radius 3 is 2.29 bits per heavy atom. The molecule has 0 aromatic carbocycles. The zero-order valence-electron chi connectivity index (χ0n) is 8.07. The van der Waals surface area contributed by atoms with Crippen LogP contribution in [-0.4, -0.2) is 32.1 Å². The first-order chi connectivity index (χ1) is 6.32. The van der Waals surface area contributed by atoms with Gasteiger partial charge in [0.15, 0.2) is 0 Å². The molecule has 0 heterocycles. The molecule has 0 aromatic rings. The number of hydrogen-bond donors (Lipinski definition) is 3. The molecule has 0 spiro atoms. The number of carboxylic acid groups (broad SMARTS) is 1. The molecule has 0 aromatic heterocycles. The standard InChI is InChI=1S/C7H14N2O4S/c1-7(6(10)11,5-3-4-5)9-14(12,13)8-2/h5,8-9H,3-4H2,1-2H3,(H,10,11). The third-order valence-corrected chi connectivity index (χ3v) is 3.68.